The van der Waals surface area contributed by atoms with Crippen LogP contribution in [-0.4, -0.2) is 23.0 Å². The van der Waals surface area contributed by atoms with Crippen molar-refractivity contribution in [2.45, 2.75) is 33.2 Å². The van der Waals surface area contributed by atoms with Gasteiger partial charge in [-0.25, -0.2) is 4.79 Å². The van der Waals surface area contributed by atoms with E-state index in [0.717, 1.165) is 5.56 Å². The predicted molar refractivity (Wildman–Crippen MR) is 78.7 cm³/mol. The molecule has 0 aromatic heterocycles. The van der Waals surface area contributed by atoms with Gasteiger partial charge in [0.25, 0.3) is 0 Å². The molecular formula is C15H20ClNO3. The van der Waals surface area contributed by atoms with Gasteiger partial charge in [0.15, 0.2) is 0 Å². The molecule has 1 unspecified atom stereocenters. The van der Waals surface area contributed by atoms with Gasteiger partial charge in [-0.2, -0.15) is 0 Å². The molecule has 0 aliphatic rings. The van der Waals surface area contributed by atoms with Crippen molar-refractivity contribution in [1.29, 1.82) is 0 Å². The van der Waals surface area contributed by atoms with Gasteiger partial charge in [0, 0.05) is 10.9 Å². The Morgan fingerprint density at radius 1 is 1.30 bits per heavy atom. The Morgan fingerprint density at radius 3 is 2.45 bits per heavy atom. The Hall–Kier alpha value is -1.55. The minimum absolute atomic E-state index is 0.158. The fourth-order valence-electron chi connectivity index (χ4n) is 1.92. The normalized spacial score (nSPS) is 13.8. The maximum Gasteiger partial charge on any atom is 0.326 e. The maximum absolute atomic E-state index is 12.0. The van der Waals surface area contributed by atoms with Crippen LogP contribution < -0.4 is 5.32 Å². The molecule has 1 rings (SSSR count). The maximum atomic E-state index is 12.0. The molecule has 5 heteroatoms. The monoisotopic (exact) mass is 297 g/mol. The van der Waals surface area contributed by atoms with Gasteiger partial charge < -0.3 is 10.4 Å². The molecule has 20 heavy (non-hydrogen) atoms. The zero-order chi connectivity index (χ0) is 15.3. The lowest BCUT2D eigenvalue weighted by molar-refractivity contribution is -0.143. The second-order valence-corrected chi connectivity index (χ2v) is 5.74. The van der Waals surface area contributed by atoms with Crippen molar-refractivity contribution in [3.05, 3.63) is 34.9 Å². The number of hydrogen-bond donors (Lipinski definition) is 2. The first-order chi connectivity index (χ1) is 9.31. The molecule has 4 nitrogen and oxygen atoms in total. The van der Waals surface area contributed by atoms with E-state index in [1.165, 1.54) is 0 Å². The van der Waals surface area contributed by atoms with E-state index in [1.807, 2.05) is 18.2 Å². The lowest BCUT2D eigenvalue weighted by Gasteiger charge is -2.20. The van der Waals surface area contributed by atoms with Crippen LogP contribution in [0, 0.1) is 11.8 Å². The van der Waals surface area contributed by atoms with Crippen LogP contribution >= 0.6 is 11.6 Å². The van der Waals surface area contributed by atoms with Crippen LogP contribution in [0.25, 0.3) is 0 Å². The van der Waals surface area contributed by atoms with Crippen LogP contribution in [0.15, 0.2) is 24.3 Å². The minimum Gasteiger partial charge on any atom is -0.480 e. The molecule has 1 aromatic rings. The largest absolute Gasteiger partial charge is 0.480 e. The third-order valence-electron chi connectivity index (χ3n) is 3.11. The van der Waals surface area contributed by atoms with Crippen molar-refractivity contribution < 1.29 is 14.7 Å². The topological polar surface area (TPSA) is 66.4 Å². The molecule has 2 N–H and O–H groups in total. The Morgan fingerprint density at radius 2 is 1.95 bits per heavy atom. The molecule has 0 heterocycles. The van der Waals surface area contributed by atoms with Crippen LogP contribution in [0.5, 0.6) is 0 Å². The Bertz CT molecular complexity index is 488. The number of amides is 1. The molecule has 0 saturated heterocycles. The molecule has 0 fully saturated rings. The highest BCUT2D eigenvalue weighted by molar-refractivity contribution is 6.30. The van der Waals surface area contributed by atoms with E-state index in [0.29, 0.717) is 11.4 Å². The van der Waals surface area contributed by atoms with Gasteiger partial charge >= 0.3 is 5.97 Å². The fraction of sp³-hybridized carbons (Fsp3) is 0.467. The number of carbonyl (C=O) groups is 2. The van der Waals surface area contributed by atoms with Crippen LogP contribution in [0.3, 0.4) is 0 Å². The number of rotatable bonds is 6. The number of hydrogen-bond acceptors (Lipinski definition) is 2. The summed E-state index contributed by atoms with van der Waals surface area (Å²) in [7, 11) is 0. The summed E-state index contributed by atoms with van der Waals surface area (Å²) in [5, 5.41) is 12.3. The Balaban J connectivity index is 2.65. The first kappa shape index (κ1) is 16.5. The van der Waals surface area contributed by atoms with Gasteiger partial charge in [0.2, 0.25) is 5.91 Å². The first-order valence-electron chi connectivity index (χ1n) is 6.59. The summed E-state index contributed by atoms with van der Waals surface area (Å²) >= 11 is 5.90. The van der Waals surface area contributed by atoms with E-state index in [-0.39, 0.29) is 17.7 Å². The quantitative estimate of drug-likeness (QED) is 0.848. The van der Waals surface area contributed by atoms with Crippen molar-refractivity contribution in [1.82, 2.24) is 5.32 Å². The molecule has 0 radical (unpaired) electrons. The number of benzene rings is 1. The molecule has 0 bridgehead atoms. The van der Waals surface area contributed by atoms with Crippen molar-refractivity contribution in [3.63, 3.8) is 0 Å². The SMILES string of the molecule is CC(Cc1cccc(Cl)c1)C(=O)N[C@@H](C(=O)O)C(C)C. The standard InChI is InChI=1S/C15H20ClNO3/c1-9(2)13(15(19)20)17-14(18)10(3)7-11-5-4-6-12(16)8-11/h4-6,8-10,13H,7H2,1-3H3,(H,17,18)(H,19,20)/t10?,13-/m1/s1. The van der Waals surface area contributed by atoms with Gasteiger partial charge in [0.05, 0.1) is 0 Å². The Labute approximate surface area is 124 Å². The molecule has 0 aliphatic carbocycles. The zero-order valence-corrected chi connectivity index (χ0v) is 12.6. The number of carboxylic acid groups (broad SMARTS) is 1. The molecule has 110 valence electrons. The average molecular weight is 298 g/mol. The van der Waals surface area contributed by atoms with E-state index in [4.69, 9.17) is 16.7 Å². The van der Waals surface area contributed by atoms with Crippen LogP contribution in [-0.2, 0) is 16.0 Å². The first-order valence-corrected chi connectivity index (χ1v) is 6.96. The third kappa shape index (κ3) is 4.85. The van der Waals surface area contributed by atoms with E-state index in [2.05, 4.69) is 5.32 Å². The molecular weight excluding hydrogens is 278 g/mol. The molecule has 1 amide bonds. The highest BCUT2D eigenvalue weighted by Gasteiger charge is 2.25. The van der Waals surface area contributed by atoms with Crippen molar-refractivity contribution in [3.8, 4) is 0 Å². The van der Waals surface area contributed by atoms with Crippen molar-refractivity contribution in [2.75, 3.05) is 0 Å². The van der Waals surface area contributed by atoms with Gasteiger partial charge in [-0.15, -0.1) is 0 Å². The van der Waals surface area contributed by atoms with Gasteiger partial charge in [-0.3, -0.25) is 4.79 Å². The second-order valence-electron chi connectivity index (χ2n) is 5.30. The van der Waals surface area contributed by atoms with Gasteiger partial charge in [-0.05, 0) is 30.0 Å². The number of carbonyl (C=O) groups excluding carboxylic acids is 1. The lowest BCUT2D eigenvalue weighted by Crippen LogP contribution is -2.46. The summed E-state index contributed by atoms with van der Waals surface area (Å²) in [6, 6.07) is 6.45. The van der Waals surface area contributed by atoms with E-state index in [9.17, 15) is 9.59 Å². The molecule has 2 atom stereocenters. The summed E-state index contributed by atoms with van der Waals surface area (Å²) in [5.74, 6) is -1.74. The van der Waals surface area contributed by atoms with Crippen LogP contribution in [0.4, 0.5) is 0 Å². The van der Waals surface area contributed by atoms with Crippen LogP contribution in [0.1, 0.15) is 26.3 Å². The summed E-state index contributed by atoms with van der Waals surface area (Å²) in [6.45, 7) is 5.30. The van der Waals surface area contributed by atoms with Crippen LogP contribution in [0.2, 0.25) is 5.02 Å². The average Bonchev–Trinajstić information content (AvgIpc) is 2.34. The second kappa shape index (κ2) is 7.29. The smallest absolute Gasteiger partial charge is 0.326 e. The van der Waals surface area contributed by atoms with E-state index >= 15 is 0 Å². The minimum atomic E-state index is -1.01. The molecule has 1 aromatic carbocycles. The zero-order valence-electron chi connectivity index (χ0n) is 11.9. The van der Waals surface area contributed by atoms with Crippen molar-refractivity contribution in [2.24, 2.45) is 11.8 Å². The summed E-state index contributed by atoms with van der Waals surface area (Å²) in [4.78, 5) is 23.1. The van der Waals surface area contributed by atoms with Crippen molar-refractivity contribution >= 4 is 23.5 Å². The fourth-order valence-corrected chi connectivity index (χ4v) is 2.13. The highest BCUT2D eigenvalue weighted by atomic mass is 35.5. The van der Waals surface area contributed by atoms with E-state index in [1.54, 1.807) is 26.8 Å². The number of halogens is 1. The third-order valence-corrected chi connectivity index (χ3v) is 3.34. The number of aliphatic carboxylic acids is 1. The highest BCUT2D eigenvalue weighted by Crippen LogP contribution is 2.15. The van der Waals surface area contributed by atoms with Gasteiger partial charge in [-0.1, -0.05) is 44.5 Å². The summed E-state index contributed by atoms with van der Waals surface area (Å²) in [6.07, 6.45) is 0.525. The Kier molecular flexibility index (Phi) is 6.02. The summed E-state index contributed by atoms with van der Waals surface area (Å²) in [5.41, 5.74) is 0.955. The molecule has 0 saturated carbocycles. The number of nitrogens with one attached hydrogen (secondary N) is 1. The predicted octanol–water partition coefficient (Wildman–Crippen LogP) is 2.74. The van der Waals surface area contributed by atoms with E-state index < -0.39 is 12.0 Å². The summed E-state index contributed by atoms with van der Waals surface area (Å²) < 4.78 is 0. The molecule has 0 aliphatic heterocycles. The lowest BCUT2D eigenvalue weighted by atomic mass is 9.98. The molecule has 0 spiro atoms. The number of carboxylic acids is 1. The van der Waals surface area contributed by atoms with Gasteiger partial charge in [0.1, 0.15) is 6.04 Å².